The molecule has 2 atom stereocenters. The second-order valence-electron chi connectivity index (χ2n) is 7.52. The van der Waals surface area contributed by atoms with Gasteiger partial charge in [0.25, 0.3) is 5.91 Å². The van der Waals surface area contributed by atoms with Gasteiger partial charge in [-0.25, -0.2) is 9.78 Å². The summed E-state index contributed by atoms with van der Waals surface area (Å²) in [5, 5.41) is 23.1. The van der Waals surface area contributed by atoms with Gasteiger partial charge >= 0.3 is 5.97 Å². The van der Waals surface area contributed by atoms with Gasteiger partial charge in [-0.05, 0) is 31.2 Å². The smallest absolute Gasteiger partial charge is 0.328 e. The van der Waals surface area contributed by atoms with E-state index in [1.807, 2.05) is 24.3 Å². The average molecular weight is 449 g/mol. The van der Waals surface area contributed by atoms with Crippen molar-refractivity contribution < 1.29 is 29.3 Å². The average Bonchev–Trinajstić information content (AvgIpc) is 3.19. The van der Waals surface area contributed by atoms with Gasteiger partial charge in [0.15, 0.2) is 17.5 Å². The Morgan fingerprint density at radius 3 is 2.48 bits per heavy atom. The molecule has 0 saturated heterocycles. The number of hydrogen-bond acceptors (Lipinski definition) is 6. The molecular weight excluding hydrogens is 426 g/mol. The number of hydrogen-bond donors (Lipinski definition) is 4. The molecule has 0 aliphatic rings. The summed E-state index contributed by atoms with van der Waals surface area (Å²) in [6, 6.07) is 13.1. The fourth-order valence-electron chi connectivity index (χ4n) is 3.83. The third-order valence-corrected chi connectivity index (χ3v) is 5.42. The maximum Gasteiger partial charge on any atom is 0.328 e. The van der Waals surface area contributed by atoms with Gasteiger partial charge in [0.2, 0.25) is 0 Å². The molecule has 1 amide bonds. The van der Waals surface area contributed by atoms with Crippen molar-refractivity contribution in [2.24, 2.45) is 0 Å². The zero-order chi connectivity index (χ0) is 23.7. The van der Waals surface area contributed by atoms with E-state index < -0.39 is 24.0 Å². The Morgan fingerprint density at radius 1 is 1.06 bits per heavy atom. The van der Waals surface area contributed by atoms with Crippen LogP contribution in [0.2, 0.25) is 0 Å². The minimum absolute atomic E-state index is 0.000902. The summed E-state index contributed by atoms with van der Waals surface area (Å²) in [7, 11) is 3.04. The van der Waals surface area contributed by atoms with E-state index >= 15 is 0 Å². The Labute approximate surface area is 189 Å². The van der Waals surface area contributed by atoms with Crippen LogP contribution in [0.4, 0.5) is 0 Å². The first-order valence-electron chi connectivity index (χ1n) is 10.2. The number of rotatable bonds is 7. The Hall–Kier alpha value is -4.11. The van der Waals surface area contributed by atoms with Crippen molar-refractivity contribution in [2.75, 3.05) is 14.2 Å². The monoisotopic (exact) mass is 449 g/mol. The van der Waals surface area contributed by atoms with E-state index in [1.54, 1.807) is 24.3 Å². The number of carbonyl (C=O) groups excluding carboxylic acids is 1. The molecule has 2 aromatic carbocycles. The van der Waals surface area contributed by atoms with E-state index in [2.05, 4.69) is 15.3 Å². The van der Waals surface area contributed by atoms with Gasteiger partial charge < -0.3 is 30.0 Å². The largest absolute Gasteiger partial charge is 0.493 e. The number of fused-ring (bicyclic) bond motifs is 3. The first-order chi connectivity index (χ1) is 15.8. The van der Waals surface area contributed by atoms with Gasteiger partial charge in [-0.15, -0.1) is 0 Å². The summed E-state index contributed by atoms with van der Waals surface area (Å²) in [6.45, 7) is 1.29. The van der Waals surface area contributed by atoms with Crippen molar-refractivity contribution >= 4 is 33.7 Å². The molecule has 2 unspecified atom stereocenters. The summed E-state index contributed by atoms with van der Waals surface area (Å²) in [4.78, 5) is 32.4. The third kappa shape index (κ3) is 3.94. The number of methoxy groups -OCH3 is 2. The topological polar surface area (TPSA) is 134 Å². The fraction of sp³-hybridized carbons (Fsp3) is 0.208. The number of H-pyrrole nitrogens is 1. The number of nitrogens with one attached hydrogen (secondary N) is 2. The number of aromatic nitrogens is 2. The lowest BCUT2D eigenvalue weighted by molar-refractivity contribution is -0.141. The second-order valence-corrected chi connectivity index (χ2v) is 7.52. The molecule has 0 aliphatic carbocycles. The number of carboxylic acid groups (broad SMARTS) is 1. The first kappa shape index (κ1) is 22.1. The van der Waals surface area contributed by atoms with Crippen molar-refractivity contribution in [2.45, 2.75) is 19.1 Å². The predicted octanol–water partition coefficient (Wildman–Crippen LogP) is 2.96. The molecule has 9 nitrogen and oxygen atoms in total. The van der Waals surface area contributed by atoms with Gasteiger partial charge in [-0.1, -0.05) is 24.3 Å². The van der Waals surface area contributed by atoms with E-state index in [9.17, 15) is 19.8 Å². The van der Waals surface area contributed by atoms with E-state index in [1.165, 1.54) is 21.1 Å². The van der Waals surface area contributed by atoms with Crippen molar-refractivity contribution in [1.82, 2.24) is 15.3 Å². The second kappa shape index (κ2) is 8.79. The number of carboxylic acids is 1. The lowest BCUT2D eigenvalue weighted by Gasteiger charge is -2.17. The first-order valence-corrected chi connectivity index (χ1v) is 10.2. The Morgan fingerprint density at radius 2 is 1.82 bits per heavy atom. The minimum atomic E-state index is -1.48. The molecule has 0 bridgehead atoms. The summed E-state index contributed by atoms with van der Waals surface area (Å²) in [5.74, 6) is -1.13. The van der Waals surface area contributed by atoms with Gasteiger partial charge in [-0.3, -0.25) is 4.79 Å². The third-order valence-electron chi connectivity index (χ3n) is 5.42. The number of benzene rings is 2. The molecule has 33 heavy (non-hydrogen) atoms. The van der Waals surface area contributed by atoms with Gasteiger partial charge in [0.05, 0.1) is 31.5 Å². The van der Waals surface area contributed by atoms with E-state index in [0.29, 0.717) is 28.3 Å². The number of aliphatic hydroxyl groups is 1. The number of nitrogens with zero attached hydrogens (tertiary/aromatic N) is 1. The van der Waals surface area contributed by atoms with Gasteiger partial charge in [0.1, 0.15) is 5.69 Å². The molecule has 4 N–H and O–H groups in total. The molecular formula is C24H23N3O6. The maximum atomic E-state index is 13.0. The molecule has 0 radical (unpaired) electrons. The highest BCUT2D eigenvalue weighted by Gasteiger charge is 2.27. The summed E-state index contributed by atoms with van der Waals surface area (Å²) in [6.07, 6.45) is -1.29. The van der Waals surface area contributed by atoms with Crippen molar-refractivity contribution in [3.05, 3.63) is 54.2 Å². The standard InChI is InChI=1S/C24H23N3O6/c1-12(28)19(24(30)31)27-23(29)17-11-15-13-7-4-5-9-16(13)25-21(15)20(26-17)14-8-6-10-18(32-2)22(14)33-3/h4-12,19,25,28H,1-3H3,(H,27,29)(H,30,31). The van der Waals surface area contributed by atoms with Crippen molar-refractivity contribution in [1.29, 1.82) is 0 Å². The van der Waals surface area contributed by atoms with E-state index in [-0.39, 0.29) is 5.69 Å². The normalized spacial score (nSPS) is 13.0. The highest BCUT2D eigenvalue weighted by molar-refractivity contribution is 6.13. The van der Waals surface area contributed by atoms with Crippen LogP contribution in [0.15, 0.2) is 48.5 Å². The number of para-hydroxylation sites is 2. The zero-order valence-corrected chi connectivity index (χ0v) is 18.2. The van der Waals surface area contributed by atoms with Crippen LogP contribution in [-0.4, -0.2) is 58.4 Å². The number of aromatic amines is 1. The number of carbonyl (C=O) groups is 2. The lowest BCUT2D eigenvalue weighted by atomic mass is 10.0. The maximum absolute atomic E-state index is 13.0. The van der Waals surface area contributed by atoms with Crippen LogP contribution in [0.1, 0.15) is 17.4 Å². The Balaban J connectivity index is 1.97. The van der Waals surface area contributed by atoms with Crippen molar-refractivity contribution in [3.63, 3.8) is 0 Å². The van der Waals surface area contributed by atoms with Crippen LogP contribution in [0.5, 0.6) is 11.5 Å². The van der Waals surface area contributed by atoms with E-state index in [0.717, 1.165) is 16.3 Å². The number of amides is 1. The molecule has 0 fully saturated rings. The molecule has 0 aliphatic heterocycles. The summed E-state index contributed by atoms with van der Waals surface area (Å²) >= 11 is 0. The SMILES string of the molecule is COc1cccc(-c2nc(C(=O)NC(C(=O)O)C(C)O)cc3c2[nH]c2ccccc23)c1OC. The highest BCUT2D eigenvalue weighted by atomic mass is 16.5. The summed E-state index contributed by atoms with van der Waals surface area (Å²) < 4.78 is 11.0. The van der Waals surface area contributed by atoms with Crippen LogP contribution in [0.3, 0.4) is 0 Å². The van der Waals surface area contributed by atoms with E-state index in [4.69, 9.17) is 9.47 Å². The fourth-order valence-corrected chi connectivity index (χ4v) is 3.83. The Bertz CT molecular complexity index is 1360. The summed E-state index contributed by atoms with van der Waals surface area (Å²) in [5.41, 5.74) is 2.56. The van der Waals surface area contributed by atoms with Gasteiger partial charge in [-0.2, -0.15) is 0 Å². The lowest BCUT2D eigenvalue weighted by Crippen LogP contribution is -2.47. The molecule has 0 saturated carbocycles. The highest BCUT2D eigenvalue weighted by Crippen LogP contribution is 2.41. The van der Waals surface area contributed by atoms with Crippen LogP contribution < -0.4 is 14.8 Å². The number of pyridine rings is 1. The zero-order valence-electron chi connectivity index (χ0n) is 18.2. The molecule has 4 rings (SSSR count). The van der Waals surface area contributed by atoms with Crippen LogP contribution in [0.25, 0.3) is 33.1 Å². The number of ether oxygens (including phenoxy) is 2. The van der Waals surface area contributed by atoms with Crippen LogP contribution in [0, 0.1) is 0 Å². The molecule has 170 valence electrons. The predicted molar refractivity (Wildman–Crippen MR) is 123 cm³/mol. The molecule has 2 heterocycles. The Kier molecular flexibility index (Phi) is 5.89. The molecule has 0 spiro atoms. The molecule has 2 aromatic heterocycles. The van der Waals surface area contributed by atoms with Gasteiger partial charge in [0, 0.05) is 21.9 Å². The van der Waals surface area contributed by atoms with Crippen molar-refractivity contribution in [3.8, 4) is 22.8 Å². The minimum Gasteiger partial charge on any atom is -0.493 e. The van der Waals surface area contributed by atoms with Crippen LogP contribution in [-0.2, 0) is 4.79 Å². The number of aliphatic carboxylic acids is 1. The molecule has 4 aromatic rings. The molecule has 9 heteroatoms. The number of aliphatic hydroxyl groups excluding tert-OH is 1. The van der Waals surface area contributed by atoms with Crippen LogP contribution >= 0.6 is 0 Å². The quantitative estimate of drug-likeness (QED) is 0.341.